The Kier molecular flexibility index (Phi) is 5.46. The van der Waals surface area contributed by atoms with Crippen molar-refractivity contribution in [3.63, 3.8) is 0 Å². The van der Waals surface area contributed by atoms with E-state index in [9.17, 15) is 4.79 Å². The summed E-state index contributed by atoms with van der Waals surface area (Å²) in [6.45, 7) is 12.2. The Balaban J connectivity index is 1.56. The van der Waals surface area contributed by atoms with Crippen LogP contribution in [0.3, 0.4) is 0 Å². The summed E-state index contributed by atoms with van der Waals surface area (Å²) in [4.78, 5) is 16.9. The Bertz CT molecular complexity index is 1200. The van der Waals surface area contributed by atoms with Gasteiger partial charge in [0.2, 0.25) is 5.88 Å². The highest BCUT2D eigenvalue weighted by atomic mass is 16.7. The first-order valence-corrected chi connectivity index (χ1v) is 10.5. The second kappa shape index (κ2) is 7.86. The number of aryl methyl sites for hydroxylation is 3. The summed E-state index contributed by atoms with van der Waals surface area (Å²) in [5, 5.41) is 7.75. The predicted molar refractivity (Wildman–Crippen MR) is 120 cm³/mol. The SMILES string of the molecule is Cc1cccc(-n2nnn(C)c2=O)c1COc1ccc(B2OC(C)(C)C(C)(C)O2)c(C)n1. The largest absolute Gasteiger partial charge is 0.496 e. The second-order valence-corrected chi connectivity index (χ2v) is 9.07. The normalized spacial score (nSPS) is 17.0. The average molecular weight is 437 g/mol. The molecule has 0 N–H and O–H groups in total. The number of ether oxygens (including phenoxy) is 1. The van der Waals surface area contributed by atoms with Gasteiger partial charge in [0.1, 0.15) is 6.61 Å². The molecule has 1 aliphatic heterocycles. The standard InChI is InChI=1S/C22H28BN5O4/c1-14-9-8-10-18(28-20(29)27(7)25-26-28)16(14)13-30-19-12-11-17(15(2)24-19)23-31-21(3,4)22(5,6)32-23/h8-12H,13H2,1-7H3. The van der Waals surface area contributed by atoms with Crippen LogP contribution >= 0.6 is 0 Å². The molecule has 0 aliphatic carbocycles. The third kappa shape index (κ3) is 3.84. The highest BCUT2D eigenvalue weighted by molar-refractivity contribution is 6.62. The van der Waals surface area contributed by atoms with E-state index in [1.54, 1.807) is 13.1 Å². The van der Waals surface area contributed by atoms with Crippen molar-refractivity contribution in [2.45, 2.75) is 59.4 Å². The van der Waals surface area contributed by atoms with Crippen LogP contribution in [0.4, 0.5) is 0 Å². The topological polar surface area (TPSA) is 93.3 Å². The molecule has 0 amide bonds. The molecule has 0 spiro atoms. The smallest absolute Gasteiger partial charge is 0.473 e. The summed E-state index contributed by atoms with van der Waals surface area (Å²) in [6.07, 6.45) is 0. The lowest BCUT2D eigenvalue weighted by molar-refractivity contribution is 0.00578. The fourth-order valence-corrected chi connectivity index (χ4v) is 3.53. The maximum Gasteiger partial charge on any atom is 0.496 e. The summed E-state index contributed by atoms with van der Waals surface area (Å²) in [6, 6.07) is 9.38. The van der Waals surface area contributed by atoms with Gasteiger partial charge in [-0.2, -0.15) is 9.36 Å². The van der Waals surface area contributed by atoms with E-state index < -0.39 is 18.3 Å². The number of hydrogen-bond donors (Lipinski definition) is 0. The predicted octanol–water partition coefficient (Wildman–Crippen LogP) is 1.86. The van der Waals surface area contributed by atoms with E-state index in [0.717, 1.165) is 22.3 Å². The minimum atomic E-state index is -0.479. The second-order valence-electron chi connectivity index (χ2n) is 9.07. The molecule has 3 heterocycles. The van der Waals surface area contributed by atoms with E-state index in [2.05, 4.69) is 15.4 Å². The zero-order chi connectivity index (χ0) is 23.3. The first kappa shape index (κ1) is 22.2. The van der Waals surface area contributed by atoms with Gasteiger partial charge in [-0.3, -0.25) is 0 Å². The number of hydrogen-bond acceptors (Lipinski definition) is 7. The van der Waals surface area contributed by atoms with Gasteiger partial charge in [0.15, 0.2) is 0 Å². The number of pyridine rings is 1. The molecule has 1 aliphatic rings. The highest BCUT2D eigenvalue weighted by Crippen LogP contribution is 2.36. The zero-order valence-electron chi connectivity index (χ0n) is 19.5. The summed E-state index contributed by atoms with van der Waals surface area (Å²) < 4.78 is 20.7. The number of rotatable bonds is 5. The third-order valence-corrected chi connectivity index (χ3v) is 6.31. The van der Waals surface area contributed by atoms with Crippen LogP contribution in [0.25, 0.3) is 5.69 Å². The van der Waals surface area contributed by atoms with Crippen molar-refractivity contribution in [2.75, 3.05) is 0 Å². The van der Waals surface area contributed by atoms with Crippen molar-refractivity contribution in [3.05, 3.63) is 57.6 Å². The molecule has 9 nitrogen and oxygen atoms in total. The molecule has 4 rings (SSSR count). The lowest BCUT2D eigenvalue weighted by Crippen LogP contribution is -2.41. The molecule has 10 heteroatoms. The zero-order valence-corrected chi connectivity index (χ0v) is 19.5. The van der Waals surface area contributed by atoms with Crippen molar-refractivity contribution >= 4 is 12.6 Å². The molecule has 32 heavy (non-hydrogen) atoms. The van der Waals surface area contributed by atoms with Crippen molar-refractivity contribution in [3.8, 4) is 11.6 Å². The molecule has 1 saturated heterocycles. The van der Waals surface area contributed by atoms with Crippen LogP contribution in [0.15, 0.2) is 35.1 Å². The van der Waals surface area contributed by atoms with Crippen LogP contribution in [0, 0.1) is 13.8 Å². The third-order valence-electron chi connectivity index (χ3n) is 6.31. The van der Waals surface area contributed by atoms with Crippen LogP contribution in [0.2, 0.25) is 0 Å². The minimum Gasteiger partial charge on any atom is -0.473 e. The minimum absolute atomic E-state index is 0.229. The van der Waals surface area contributed by atoms with Crippen molar-refractivity contribution in [1.29, 1.82) is 0 Å². The van der Waals surface area contributed by atoms with E-state index in [4.69, 9.17) is 14.0 Å². The number of aromatic nitrogens is 5. The fraction of sp³-hybridized carbons (Fsp3) is 0.455. The summed E-state index contributed by atoms with van der Waals surface area (Å²) in [7, 11) is 1.08. The molecule has 0 saturated carbocycles. The van der Waals surface area contributed by atoms with Gasteiger partial charge >= 0.3 is 12.8 Å². The quantitative estimate of drug-likeness (QED) is 0.563. The lowest BCUT2D eigenvalue weighted by atomic mass is 9.78. The van der Waals surface area contributed by atoms with Gasteiger partial charge in [0.05, 0.1) is 16.9 Å². The fourth-order valence-electron chi connectivity index (χ4n) is 3.53. The van der Waals surface area contributed by atoms with Crippen molar-refractivity contribution in [2.24, 2.45) is 7.05 Å². The summed E-state index contributed by atoms with van der Waals surface area (Å²) >= 11 is 0. The number of nitrogens with zero attached hydrogens (tertiary/aromatic N) is 5. The molecule has 1 aromatic carbocycles. The summed E-state index contributed by atoms with van der Waals surface area (Å²) in [5.74, 6) is 0.475. The number of tetrazole rings is 1. The molecule has 0 radical (unpaired) electrons. The lowest BCUT2D eigenvalue weighted by Gasteiger charge is -2.32. The van der Waals surface area contributed by atoms with Gasteiger partial charge < -0.3 is 14.0 Å². The Morgan fingerprint density at radius 2 is 1.72 bits per heavy atom. The molecule has 0 atom stereocenters. The summed E-state index contributed by atoms with van der Waals surface area (Å²) in [5.41, 5.74) is 2.94. The highest BCUT2D eigenvalue weighted by Gasteiger charge is 2.52. The van der Waals surface area contributed by atoms with E-state index in [1.807, 2.05) is 65.8 Å². The van der Waals surface area contributed by atoms with Gasteiger partial charge in [-0.25, -0.2) is 9.78 Å². The Morgan fingerprint density at radius 1 is 1.03 bits per heavy atom. The molecule has 0 bridgehead atoms. The van der Waals surface area contributed by atoms with Crippen LogP contribution in [0.1, 0.15) is 44.5 Å². The number of benzene rings is 1. The van der Waals surface area contributed by atoms with E-state index in [1.165, 1.54) is 9.36 Å². The van der Waals surface area contributed by atoms with Crippen LogP contribution in [-0.2, 0) is 23.0 Å². The van der Waals surface area contributed by atoms with Gasteiger partial charge in [0, 0.05) is 23.8 Å². The average Bonchev–Trinajstić information content (AvgIpc) is 3.15. The molecule has 2 aromatic heterocycles. The molecule has 3 aromatic rings. The van der Waals surface area contributed by atoms with Gasteiger partial charge in [-0.15, -0.1) is 0 Å². The maximum atomic E-state index is 12.3. The van der Waals surface area contributed by atoms with Crippen LogP contribution in [0.5, 0.6) is 5.88 Å². The van der Waals surface area contributed by atoms with Crippen molar-refractivity contribution < 1.29 is 14.0 Å². The van der Waals surface area contributed by atoms with Gasteiger partial charge in [-0.1, -0.05) is 18.2 Å². The van der Waals surface area contributed by atoms with Crippen molar-refractivity contribution in [1.82, 2.24) is 24.8 Å². The molecular formula is C22H28BN5O4. The van der Waals surface area contributed by atoms with E-state index >= 15 is 0 Å². The molecule has 1 fully saturated rings. The van der Waals surface area contributed by atoms with Crippen LogP contribution < -0.4 is 15.9 Å². The first-order valence-electron chi connectivity index (χ1n) is 10.5. The maximum absolute atomic E-state index is 12.3. The first-order chi connectivity index (χ1) is 15.0. The van der Waals surface area contributed by atoms with E-state index in [-0.39, 0.29) is 12.3 Å². The molecule has 0 unspecified atom stereocenters. The Labute approximate surface area is 187 Å². The molecule has 168 valence electrons. The van der Waals surface area contributed by atoms with Gasteiger partial charge in [-0.05, 0) is 69.7 Å². The Morgan fingerprint density at radius 3 is 2.31 bits per heavy atom. The molecular weight excluding hydrogens is 409 g/mol. The Hall–Kier alpha value is -2.98. The van der Waals surface area contributed by atoms with Crippen LogP contribution in [-0.4, -0.2) is 43.1 Å². The van der Waals surface area contributed by atoms with E-state index in [0.29, 0.717) is 11.6 Å². The monoisotopic (exact) mass is 437 g/mol. The van der Waals surface area contributed by atoms with Gasteiger partial charge in [0.25, 0.3) is 0 Å².